The summed E-state index contributed by atoms with van der Waals surface area (Å²) in [5.74, 6) is 0.264. The first kappa shape index (κ1) is 23.0. The van der Waals surface area contributed by atoms with Crippen LogP contribution in [0.1, 0.15) is 41.3 Å². The van der Waals surface area contributed by atoms with Crippen LogP contribution in [0.2, 0.25) is 0 Å². The van der Waals surface area contributed by atoms with E-state index in [1.807, 2.05) is 6.07 Å². The van der Waals surface area contributed by atoms with E-state index in [2.05, 4.69) is 5.32 Å². The van der Waals surface area contributed by atoms with Crippen molar-refractivity contribution >= 4 is 29.7 Å². The number of nitrogens with zero attached hydrogens (tertiary/aromatic N) is 2. The highest BCUT2D eigenvalue weighted by Gasteiger charge is 2.35. The molecule has 1 heterocycles. The van der Waals surface area contributed by atoms with E-state index >= 15 is 0 Å². The Labute approximate surface area is 187 Å². The van der Waals surface area contributed by atoms with Crippen LogP contribution in [0.3, 0.4) is 0 Å². The van der Waals surface area contributed by atoms with Gasteiger partial charge in [-0.25, -0.2) is 4.79 Å². The zero-order valence-corrected chi connectivity index (χ0v) is 18.5. The maximum atomic E-state index is 13.0. The average molecular weight is 437 g/mol. The van der Waals surface area contributed by atoms with Crippen molar-refractivity contribution in [2.45, 2.75) is 38.9 Å². The number of hydrogen-bond acceptors (Lipinski definition) is 5. The number of hydrogen-bond donors (Lipinski definition) is 1. The number of Topliss-reactive ketones (excluding diaryl/α,β-unsaturated/α-hetero) is 1. The monoisotopic (exact) mass is 437 g/mol. The number of rotatable bonds is 9. The Balaban J connectivity index is 1.75. The molecule has 0 aliphatic carbocycles. The lowest BCUT2D eigenvalue weighted by molar-refractivity contribution is -0.121. The van der Waals surface area contributed by atoms with Crippen LogP contribution in [0.5, 0.6) is 5.75 Å². The van der Waals surface area contributed by atoms with Gasteiger partial charge in [-0.15, -0.1) is 0 Å². The molecular formula is C24H27N3O5. The molecule has 0 spiro atoms. The third-order valence-electron chi connectivity index (χ3n) is 5.57. The number of ketones is 1. The van der Waals surface area contributed by atoms with Crippen LogP contribution in [0.25, 0.3) is 0 Å². The first-order valence-corrected chi connectivity index (χ1v) is 10.4. The Kier molecular flexibility index (Phi) is 7.25. The van der Waals surface area contributed by atoms with Gasteiger partial charge in [-0.05, 0) is 42.7 Å². The average Bonchev–Trinajstić information content (AvgIpc) is 3.11. The Bertz CT molecular complexity index is 1040. The van der Waals surface area contributed by atoms with Gasteiger partial charge >= 0.3 is 6.03 Å². The summed E-state index contributed by atoms with van der Waals surface area (Å²) in [6.07, 6.45) is 1.27. The largest absolute Gasteiger partial charge is 0.497 e. The molecule has 1 atom stereocenters. The third-order valence-corrected chi connectivity index (χ3v) is 5.57. The van der Waals surface area contributed by atoms with Crippen LogP contribution < -0.4 is 10.1 Å². The number of fused-ring (bicyclic) bond motifs is 1. The summed E-state index contributed by atoms with van der Waals surface area (Å²) in [6, 6.07) is 11.5. The van der Waals surface area contributed by atoms with Gasteiger partial charge in [-0.1, -0.05) is 18.2 Å². The second-order valence-electron chi connectivity index (χ2n) is 7.76. The molecule has 1 aliphatic heterocycles. The topological polar surface area (TPSA) is 96.0 Å². The van der Waals surface area contributed by atoms with Gasteiger partial charge in [0.05, 0.1) is 13.2 Å². The fraction of sp³-hybridized carbons (Fsp3) is 0.333. The first-order chi connectivity index (χ1) is 15.3. The summed E-state index contributed by atoms with van der Waals surface area (Å²) in [6.45, 7) is 2.00. The van der Waals surface area contributed by atoms with Crippen molar-refractivity contribution in [2.75, 3.05) is 19.5 Å². The minimum absolute atomic E-state index is 0.149. The zero-order valence-electron chi connectivity index (χ0n) is 18.5. The summed E-state index contributed by atoms with van der Waals surface area (Å²) in [7, 11) is 3.23. The van der Waals surface area contributed by atoms with Crippen molar-refractivity contribution in [2.24, 2.45) is 0 Å². The fourth-order valence-corrected chi connectivity index (χ4v) is 3.87. The quantitative estimate of drug-likeness (QED) is 0.608. The summed E-state index contributed by atoms with van der Waals surface area (Å²) >= 11 is 0. The summed E-state index contributed by atoms with van der Waals surface area (Å²) in [4.78, 5) is 51.6. The van der Waals surface area contributed by atoms with Crippen LogP contribution in [0.4, 0.5) is 10.5 Å². The van der Waals surface area contributed by atoms with Crippen LogP contribution in [0.15, 0.2) is 42.5 Å². The Morgan fingerprint density at radius 3 is 2.69 bits per heavy atom. The second kappa shape index (κ2) is 10.1. The molecule has 32 heavy (non-hydrogen) atoms. The molecule has 3 amide bonds. The van der Waals surface area contributed by atoms with E-state index in [0.717, 1.165) is 17.4 Å². The second-order valence-corrected chi connectivity index (χ2v) is 7.76. The minimum Gasteiger partial charge on any atom is -0.497 e. The van der Waals surface area contributed by atoms with Crippen LogP contribution in [0, 0.1) is 0 Å². The number of ether oxygens (including phenoxy) is 1. The lowest BCUT2D eigenvalue weighted by atomic mass is 10.0. The normalized spacial score (nSPS) is 13.3. The molecule has 0 saturated heterocycles. The van der Waals surface area contributed by atoms with Gasteiger partial charge in [-0.2, -0.15) is 0 Å². The van der Waals surface area contributed by atoms with Gasteiger partial charge < -0.3 is 24.6 Å². The summed E-state index contributed by atoms with van der Waals surface area (Å²) in [5.41, 5.74) is 2.77. The number of methoxy groups -OCH3 is 1. The molecule has 0 fully saturated rings. The number of benzene rings is 2. The standard InChI is InChI=1S/C24H27N3O5/c1-16(29)22(11-6-12-28)27-15-21-17(7-4-10-20(21)23(27)30)14-26(2)24(31)25-18-8-5-9-19(13-18)32-3/h4-5,7-10,12-13,22H,6,11,14-15H2,1-3H3,(H,25,31). The molecule has 2 aromatic rings. The van der Waals surface area contributed by atoms with Gasteiger partial charge in [-0.3, -0.25) is 9.59 Å². The van der Waals surface area contributed by atoms with E-state index in [-0.39, 0.29) is 30.7 Å². The molecule has 0 aromatic heterocycles. The highest BCUT2D eigenvalue weighted by atomic mass is 16.5. The van der Waals surface area contributed by atoms with E-state index in [4.69, 9.17) is 4.74 Å². The van der Waals surface area contributed by atoms with E-state index in [0.29, 0.717) is 30.0 Å². The Hall–Kier alpha value is -3.68. The van der Waals surface area contributed by atoms with Crippen molar-refractivity contribution in [3.05, 3.63) is 59.2 Å². The van der Waals surface area contributed by atoms with Crippen LogP contribution in [-0.2, 0) is 22.7 Å². The molecule has 0 saturated carbocycles. The number of anilines is 1. The highest BCUT2D eigenvalue weighted by molar-refractivity contribution is 6.01. The van der Waals surface area contributed by atoms with Crippen LogP contribution >= 0.6 is 0 Å². The van der Waals surface area contributed by atoms with Crippen LogP contribution in [-0.4, -0.2) is 54.0 Å². The molecule has 8 heteroatoms. The fourth-order valence-electron chi connectivity index (χ4n) is 3.87. The number of aldehydes is 1. The summed E-state index contributed by atoms with van der Waals surface area (Å²) < 4.78 is 5.18. The number of carbonyl (C=O) groups is 4. The lowest BCUT2D eigenvalue weighted by Crippen LogP contribution is -2.40. The molecular weight excluding hydrogens is 410 g/mol. The van der Waals surface area contributed by atoms with E-state index in [1.54, 1.807) is 50.6 Å². The molecule has 0 radical (unpaired) electrons. The molecule has 1 aliphatic rings. The maximum Gasteiger partial charge on any atom is 0.321 e. The predicted molar refractivity (Wildman–Crippen MR) is 120 cm³/mol. The predicted octanol–water partition coefficient (Wildman–Crippen LogP) is 3.25. The summed E-state index contributed by atoms with van der Waals surface area (Å²) in [5, 5.41) is 2.83. The maximum absolute atomic E-state index is 13.0. The van der Waals surface area contributed by atoms with Crippen molar-refractivity contribution in [3.8, 4) is 5.75 Å². The van der Waals surface area contributed by atoms with Crippen molar-refractivity contribution < 1.29 is 23.9 Å². The van der Waals surface area contributed by atoms with Crippen molar-refractivity contribution in [1.29, 1.82) is 0 Å². The third kappa shape index (κ3) is 4.96. The number of urea groups is 1. The molecule has 1 N–H and O–H groups in total. The highest BCUT2D eigenvalue weighted by Crippen LogP contribution is 2.30. The van der Waals surface area contributed by atoms with Crippen molar-refractivity contribution in [3.63, 3.8) is 0 Å². The molecule has 2 aromatic carbocycles. The van der Waals surface area contributed by atoms with Gasteiger partial charge in [0, 0.05) is 43.9 Å². The SMILES string of the molecule is COc1cccc(NC(=O)N(C)Cc2cccc3c2CN(C(CCC=O)C(C)=O)C3=O)c1. The zero-order chi connectivity index (χ0) is 23.3. The Morgan fingerprint density at radius 1 is 1.25 bits per heavy atom. The van der Waals surface area contributed by atoms with E-state index in [9.17, 15) is 19.2 Å². The number of amides is 3. The molecule has 3 rings (SSSR count). The number of nitrogens with one attached hydrogen (secondary N) is 1. The molecule has 0 bridgehead atoms. The van der Waals surface area contributed by atoms with E-state index < -0.39 is 6.04 Å². The van der Waals surface area contributed by atoms with Gasteiger partial charge in [0.15, 0.2) is 5.78 Å². The molecule has 8 nitrogen and oxygen atoms in total. The smallest absolute Gasteiger partial charge is 0.321 e. The first-order valence-electron chi connectivity index (χ1n) is 10.4. The lowest BCUT2D eigenvalue weighted by Gasteiger charge is -2.25. The molecule has 168 valence electrons. The van der Waals surface area contributed by atoms with Gasteiger partial charge in [0.1, 0.15) is 12.0 Å². The molecule has 1 unspecified atom stereocenters. The van der Waals surface area contributed by atoms with Crippen molar-refractivity contribution in [1.82, 2.24) is 9.80 Å². The Morgan fingerprint density at radius 2 is 2.00 bits per heavy atom. The minimum atomic E-state index is -0.637. The van der Waals surface area contributed by atoms with Gasteiger partial charge in [0.2, 0.25) is 0 Å². The van der Waals surface area contributed by atoms with E-state index in [1.165, 1.54) is 16.7 Å². The van der Waals surface area contributed by atoms with Gasteiger partial charge in [0.25, 0.3) is 5.91 Å². The number of carbonyl (C=O) groups excluding carboxylic acids is 4.